The van der Waals surface area contributed by atoms with Gasteiger partial charge in [0.1, 0.15) is 5.51 Å². The summed E-state index contributed by atoms with van der Waals surface area (Å²) < 4.78 is 0. The maximum absolute atomic E-state index is 12.0. The Morgan fingerprint density at radius 2 is 2.33 bits per heavy atom. The van der Waals surface area contributed by atoms with Crippen molar-refractivity contribution in [2.24, 2.45) is 0 Å². The first kappa shape index (κ1) is 10.7. The second kappa shape index (κ2) is 4.08. The van der Waals surface area contributed by atoms with Gasteiger partial charge in [0.25, 0.3) is 5.91 Å². The number of nitrogen functional groups attached to an aromatic ring is 1. The maximum Gasteiger partial charge on any atom is 0.278 e. The highest BCUT2D eigenvalue weighted by Crippen LogP contribution is 2.20. The van der Waals surface area contributed by atoms with Crippen molar-refractivity contribution >= 4 is 39.0 Å². The fourth-order valence-electron chi connectivity index (χ4n) is 1.59. The smallest absolute Gasteiger partial charge is 0.278 e. The van der Waals surface area contributed by atoms with E-state index in [1.807, 2.05) is 0 Å². The fraction of sp³-hybridized carbons (Fsp3) is 0. The van der Waals surface area contributed by atoms with Crippen molar-refractivity contribution in [3.8, 4) is 0 Å². The first-order valence-electron chi connectivity index (χ1n) is 5.05. The van der Waals surface area contributed by atoms with Crippen molar-refractivity contribution in [3.05, 3.63) is 29.4 Å². The minimum Gasteiger partial charge on any atom is -0.399 e. The monoisotopic (exact) mass is 260 g/mol. The lowest BCUT2D eigenvalue weighted by Gasteiger charge is -1.98. The average molecular weight is 260 g/mol. The number of aromatic amines is 1. The lowest BCUT2D eigenvalue weighted by molar-refractivity contribution is 0.102. The summed E-state index contributed by atoms with van der Waals surface area (Å²) in [5, 5.41) is 17.9. The molecule has 0 aliphatic rings. The highest BCUT2D eigenvalue weighted by atomic mass is 32.1. The lowest BCUT2D eigenvalue weighted by atomic mass is 10.2. The zero-order chi connectivity index (χ0) is 12.5. The Hall–Kier alpha value is -2.48. The summed E-state index contributed by atoms with van der Waals surface area (Å²) in [4.78, 5) is 12.0. The number of hydrogen-bond acceptors (Lipinski definition) is 6. The number of carbonyl (C=O) groups is 1. The topological polar surface area (TPSA) is 110 Å². The zero-order valence-electron chi connectivity index (χ0n) is 9.04. The van der Waals surface area contributed by atoms with Crippen LogP contribution < -0.4 is 11.1 Å². The van der Waals surface area contributed by atoms with Gasteiger partial charge in [-0.25, -0.2) is 0 Å². The van der Waals surface area contributed by atoms with Crippen LogP contribution in [0.4, 0.5) is 10.8 Å². The third-order valence-corrected chi connectivity index (χ3v) is 2.99. The molecular weight excluding hydrogens is 252 g/mol. The summed E-state index contributed by atoms with van der Waals surface area (Å²) in [5.41, 5.74) is 8.85. The van der Waals surface area contributed by atoms with Gasteiger partial charge in [-0.15, -0.1) is 10.2 Å². The molecule has 3 rings (SSSR count). The van der Waals surface area contributed by atoms with Crippen LogP contribution >= 0.6 is 11.3 Å². The summed E-state index contributed by atoms with van der Waals surface area (Å²) in [7, 11) is 0. The number of nitrogens with two attached hydrogens (primary N) is 1. The van der Waals surface area contributed by atoms with Crippen LogP contribution in [0.15, 0.2) is 23.7 Å². The second-order valence-corrected chi connectivity index (χ2v) is 4.41. The normalized spacial score (nSPS) is 10.7. The summed E-state index contributed by atoms with van der Waals surface area (Å²) >= 11 is 1.24. The Labute approximate surface area is 105 Å². The molecule has 0 aliphatic heterocycles. The molecule has 0 unspecified atom stereocenters. The van der Waals surface area contributed by atoms with Crippen LogP contribution in [-0.4, -0.2) is 26.3 Å². The molecule has 0 saturated heterocycles. The van der Waals surface area contributed by atoms with Crippen LogP contribution in [0, 0.1) is 0 Å². The number of aromatic nitrogens is 4. The summed E-state index contributed by atoms with van der Waals surface area (Å²) in [6.45, 7) is 0. The third-order valence-electron chi connectivity index (χ3n) is 2.38. The number of nitrogens with zero attached hydrogens (tertiary/aromatic N) is 3. The van der Waals surface area contributed by atoms with Gasteiger partial charge in [-0.1, -0.05) is 11.3 Å². The van der Waals surface area contributed by atoms with Gasteiger partial charge in [0.05, 0.1) is 5.52 Å². The van der Waals surface area contributed by atoms with E-state index < -0.39 is 0 Å². The number of amides is 1. The van der Waals surface area contributed by atoms with Crippen molar-refractivity contribution in [2.75, 3.05) is 11.1 Å². The standard InChI is InChI=1S/C10H8N6OS/c11-5-1-2-7-6(3-5)8(15-14-7)9(17)13-10-16-12-4-18-10/h1-4H,11H2,(H,14,15)(H,13,16,17). The Morgan fingerprint density at radius 1 is 1.44 bits per heavy atom. The van der Waals surface area contributed by atoms with Gasteiger partial charge < -0.3 is 5.73 Å². The summed E-state index contributed by atoms with van der Waals surface area (Å²) in [5.74, 6) is -0.344. The van der Waals surface area contributed by atoms with Gasteiger partial charge in [-0.2, -0.15) is 5.10 Å². The molecule has 0 radical (unpaired) electrons. The molecule has 7 nitrogen and oxygen atoms in total. The molecule has 0 bridgehead atoms. The van der Waals surface area contributed by atoms with Crippen LogP contribution in [0.1, 0.15) is 10.5 Å². The Balaban J connectivity index is 1.98. The molecular formula is C10H8N6OS. The van der Waals surface area contributed by atoms with Crippen molar-refractivity contribution in [1.82, 2.24) is 20.4 Å². The number of carbonyl (C=O) groups excluding carboxylic acids is 1. The van der Waals surface area contributed by atoms with E-state index in [0.717, 1.165) is 5.52 Å². The summed E-state index contributed by atoms with van der Waals surface area (Å²) in [6, 6.07) is 5.22. The molecule has 90 valence electrons. The Morgan fingerprint density at radius 3 is 3.11 bits per heavy atom. The average Bonchev–Trinajstić information content (AvgIpc) is 2.97. The van der Waals surface area contributed by atoms with Crippen LogP contribution in [0.2, 0.25) is 0 Å². The SMILES string of the molecule is Nc1ccc2[nH]nc(C(=O)Nc3nncs3)c2c1. The van der Waals surface area contributed by atoms with E-state index in [1.54, 1.807) is 18.2 Å². The third kappa shape index (κ3) is 1.78. The van der Waals surface area contributed by atoms with Crippen LogP contribution in [0.3, 0.4) is 0 Å². The largest absolute Gasteiger partial charge is 0.399 e. The molecule has 18 heavy (non-hydrogen) atoms. The van der Waals surface area contributed by atoms with Crippen LogP contribution in [0.25, 0.3) is 10.9 Å². The predicted molar refractivity (Wildman–Crippen MR) is 68.4 cm³/mol. The number of rotatable bonds is 2. The molecule has 3 aromatic rings. The molecule has 2 aromatic heterocycles. The Bertz CT molecular complexity index is 704. The highest BCUT2D eigenvalue weighted by molar-refractivity contribution is 7.13. The fourth-order valence-corrected chi connectivity index (χ4v) is 2.03. The molecule has 4 N–H and O–H groups in total. The van der Waals surface area contributed by atoms with Gasteiger partial charge in [0.15, 0.2) is 5.69 Å². The quantitative estimate of drug-likeness (QED) is 0.601. The highest BCUT2D eigenvalue weighted by Gasteiger charge is 2.15. The molecule has 1 amide bonds. The van der Waals surface area contributed by atoms with Gasteiger partial charge in [0.2, 0.25) is 5.13 Å². The molecule has 0 atom stereocenters. The first-order valence-corrected chi connectivity index (χ1v) is 5.93. The first-order chi connectivity index (χ1) is 8.74. The Kier molecular flexibility index (Phi) is 2.41. The number of nitrogens with one attached hydrogen (secondary N) is 2. The van der Waals surface area contributed by atoms with Gasteiger partial charge in [-0.3, -0.25) is 15.2 Å². The predicted octanol–water partition coefficient (Wildman–Crippen LogP) is 1.25. The van der Waals surface area contributed by atoms with Gasteiger partial charge in [0, 0.05) is 11.1 Å². The number of hydrogen-bond donors (Lipinski definition) is 3. The van der Waals surface area contributed by atoms with E-state index in [2.05, 4.69) is 25.7 Å². The molecule has 0 spiro atoms. The van der Waals surface area contributed by atoms with Crippen molar-refractivity contribution in [3.63, 3.8) is 0 Å². The number of H-pyrrole nitrogens is 1. The zero-order valence-corrected chi connectivity index (χ0v) is 9.86. The minimum absolute atomic E-state index is 0.285. The van der Waals surface area contributed by atoms with Crippen molar-refractivity contribution < 1.29 is 4.79 Å². The number of fused-ring (bicyclic) bond motifs is 1. The second-order valence-electron chi connectivity index (χ2n) is 3.58. The molecule has 8 heteroatoms. The number of benzene rings is 1. The van der Waals surface area contributed by atoms with E-state index in [9.17, 15) is 4.79 Å². The maximum atomic E-state index is 12.0. The molecule has 2 heterocycles. The van der Waals surface area contributed by atoms with Crippen molar-refractivity contribution in [2.45, 2.75) is 0 Å². The van der Waals surface area contributed by atoms with Crippen LogP contribution in [-0.2, 0) is 0 Å². The number of anilines is 2. The van der Waals surface area contributed by atoms with E-state index in [-0.39, 0.29) is 11.6 Å². The molecule has 0 saturated carbocycles. The molecule has 0 fully saturated rings. The van der Waals surface area contributed by atoms with E-state index in [0.29, 0.717) is 16.2 Å². The lowest BCUT2D eigenvalue weighted by Crippen LogP contribution is -2.12. The van der Waals surface area contributed by atoms with Crippen molar-refractivity contribution in [1.29, 1.82) is 0 Å². The van der Waals surface area contributed by atoms with Crippen LogP contribution in [0.5, 0.6) is 0 Å². The summed E-state index contributed by atoms with van der Waals surface area (Å²) in [6.07, 6.45) is 0. The van der Waals surface area contributed by atoms with E-state index in [4.69, 9.17) is 5.73 Å². The van der Waals surface area contributed by atoms with Gasteiger partial charge >= 0.3 is 0 Å². The van der Waals surface area contributed by atoms with Gasteiger partial charge in [-0.05, 0) is 18.2 Å². The minimum atomic E-state index is -0.344. The molecule has 1 aromatic carbocycles. The van der Waals surface area contributed by atoms with E-state index in [1.165, 1.54) is 16.8 Å². The van der Waals surface area contributed by atoms with E-state index >= 15 is 0 Å². The molecule has 0 aliphatic carbocycles.